The molecule has 0 aliphatic rings. The molecule has 23 heavy (non-hydrogen) atoms. The van der Waals surface area contributed by atoms with Crippen molar-refractivity contribution >= 4 is 21.4 Å². The van der Waals surface area contributed by atoms with E-state index in [-0.39, 0.29) is 28.9 Å². The van der Waals surface area contributed by atoms with Crippen molar-refractivity contribution in [3.05, 3.63) is 60.2 Å². The van der Waals surface area contributed by atoms with E-state index in [0.29, 0.717) is 0 Å². The van der Waals surface area contributed by atoms with Gasteiger partial charge in [0.2, 0.25) is 5.91 Å². The molecule has 0 bridgehead atoms. The Kier molecular flexibility index (Phi) is 5.55. The van der Waals surface area contributed by atoms with Gasteiger partial charge in [-0.1, -0.05) is 50.2 Å². The molecule has 1 N–H and O–H groups in total. The number of carbonyl (C=O) groups is 1. The summed E-state index contributed by atoms with van der Waals surface area (Å²) in [5.74, 6) is -0.218. The van der Waals surface area contributed by atoms with Crippen molar-refractivity contribution in [1.82, 2.24) is 0 Å². The molecule has 0 unspecified atom stereocenters. The minimum atomic E-state index is -3.43. The van der Waals surface area contributed by atoms with Crippen LogP contribution in [0.2, 0.25) is 0 Å². The lowest BCUT2D eigenvalue weighted by molar-refractivity contribution is -0.115. The molecule has 0 aliphatic heterocycles. The van der Waals surface area contributed by atoms with Crippen molar-refractivity contribution in [3.8, 4) is 0 Å². The molecule has 0 fully saturated rings. The highest BCUT2D eigenvalue weighted by Crippen LogP contribution is 2.23. The van der Waals surface area contributed by atoms with Crippen molar-refractivity contribution in [1.29, 1.82) is 0 Å². The average Bonchev–Trinajstić information content (AvgIpc) is 2.54. The van der Waals surface area contributed by atoms with Crippen LogP contribution < -0.4 is 5.32 Å². The van der Waals surface area contributed by atoms with Crippen LogP contribution in [-0.4, -0.2) is 20.1 Å². The van der Waals surface area contributed by atoms with Crippen LogP contribution >= 0.6 is 0 Å². The number of amides is 1. The number of sulfone groups is 1. The van der Waals surface area contributed by atoms with Crippen LogP contribution in [-0.2, 0) is 14.6 Å². The Labute approximate surface area is 137 Å². The van der Waals surface area contributed by atoms with Crippen LogP contribution in [0.25, 0.3) is 0 Å². The summed E-state index contributed by atoms with van der Waals surface area (Å²) in [4.78, 5) is 12.3. The van der Waals surface area contributed by atoms with E-state index in [9.17, 15) is 13.2 Å². The van der Waals surface area contributed by atoms with Gasteiger partial charge in [-0.3, -0.25) is 4.79 Å². The summed E-state index contributed by atoms with van der Waals surface area (Å²) in [5, 5.41) is 2.81. The van der Waals surface area contributed by atoms with E-state index >= 15 is 0 Å². The largest absolute Gasteiger partial charge is 0.326 e. The Bertz CT molecular complexity index is 768. The fraction of sp³-hybridized carbons (Fsp3) is 0.278. The monoisotopic (exact) mass is 331 g/mol. The molecule has 2 rings (SSSR count). The fourth-order valence-electron chi connectivity index (χ4n) is 2.30. The number of hydrogen-bond donors (Lipinski definition) is 1. The van der Waals surface area contributed by atoms with Crippen molar-refractivity contribution in [2.45, 2.75) is 31.1 Å². The Morgan fingerprint density at radius 1 is 1.00 bits per heavy atom. The molecule has 0 heterocycles. The Balaban J connectivity index is 2.01. The molecular formula is C18H21NO3S. The predicted molar refractivity (Wildman–Crippen MR) is 92.3 cm³/mol. The number of carbonyl (C=O) groups excluding carboxylic acids is 1. The lowest BCUT2D eigenvalue weighted by Crippen LogP contribution is -2.18. The molecule has 0 atom stereocenters. The molecule has 0 saturated carbocycles. The molecule has 1 amide bonds. The maximum absolute atomic E-state index is 12.2. The fourth-order valence-corrected chi connectivity index (χ4v) is 3.56. The summed E-state index contributed by atoms with van der Waals surface area (Å²) in [5.41, 5.74) is 1.77. The first-order valence-electron chi connectivity index (χ1n) is 7.57. The van der Waals surface area contributed by atoms with Gasteiger partial charge in [0, 0.05) is 12.1 Å². The van der Waals surface area contributed by atoms with E-state index in [4.69, 9.17) is 0 Å². The van der Waals surface area contributed by atoms with Gasteiger partial charge in [-0.15, -0.1) is 0 Å². The second kappa shape index (κ2) is 7.42. The SMILES string of the molecule is CC(C)c1ccccc1NC(=O)CCS(=O)(=O)c1ccccc1. The van der Waals surface area contributed by atoms with Crippen molar-refractivity contribution < 1.29 is 13.2 Å². The van der Waals surface area contributed by atoms with Crippen molar-refractivity contribution in [2.24, 2.45) is 0 Å². The van der Waals surface area contributed by atoms with Gasteiger partial charge in [-0.05, 0) is 29.7 Å². The van der Waals surface area contributed by atoms with Gasteiger partial charge in [0.15, 0.2) is 9.84 Å². The minimum absolute atomic E-state index is 0.0658. The second-order valence-electron chi connectivity index (χ2n) is 5.67. The molecule has 5 heteroatoms. The van der Waals surface area contributed by atoms with Crippen LogP contribution in [0.3, 0.4) is 0 Å². The van der Waals surface area contributed by atoms with Crippen LogP contribution in [0.5, 0.6) is 0 Å². The summed E-state index contributed by atoms with van der Waals surface area (Å²) in [7, 11) is -3.43. The average molecular weight is 331 g/mol. The van der Waals surface area contributed by atoms with E-state index in [0.717, 1.165) is 11.3 Å². The molecule has 0 aromatic heterocycles. The normalized spacial score (nSPS) is 11.4. The van der Waals surface area contributed by atoms with Gasteiger partial charge in [0.25, 0.3) is 0 Å². The summed E-state index contributed by atoms with van der Waals surface area (Å²) in [6.45, 7) is 4.09. The highest BCUT2D eigenvalue weighted by molar-refractivity contribution is 7.91. The third-order valence-electron chi connectivity index (χ3n) is 3.56. The van der Waals surface area contributed by atoms with Gasteiger partial charge in [0.1, 0.15) is 0 Å². The lowest BCUT2D eigenvalue weighted by Gasteiger charge is -2.13. The van der Waals surface area contributed by atoms with E-state index in [1.54, 1.807) is 30.3 Å². The van der Waals surface area contributed by atoms with Gasteiger partial charge < -0.3 is 5.32 Å². The number of para-hydroxylation sites is 1. The molecule has 0 aliphatic carbocycles. The maximum atomic E-state index is 12.2. The molecule has 0 spiro atoms. The molecule has 0 radical (unpaired) electrons. The Hall–Kier alpha value is -2.14. The van der Waals surface area contributed by atoms with Crippen molar-refractivity contribution in [2.75, 3.05) is 11.1 Å². The van der Waals surface area contributed by atoms with Crippen molar-refractivity contribution in [3.63, 3.8) is 0 Å². The first kappa shape index (κ1) is 17.2. The Morgan fingerprint density at radius 2 is 1.61 bits per heavy atom. The summed E-state index contributed by atoms with van der Waals surface area (Å²) in [6, 6.07) is 15.8. The zero-order valence-corrected chi connectivity index (χ0v) is 14.1. The quantitative estimate of drug-likeness (QED) is 0.879. The van der Waals surface area contributed by atoms with Gasteiger partial charge in [0.05, 0.1) is 10.6 Å². The Morgan fingerprint density at radius 3 is 2.26 bits per heavy atom. The lowest BCUT2D eigenvalue weighted by atomic mass is 10.0. The second-order valence-corrected chi connectivity index (χ2v) is 7.78. The van der Waals surface area contributed by atoms with Crippen LogP contribution in [0.1, 0.15) is 31.7 Å². The number of rotatable bonds is 6. The van der Waals surface area contributed by atoms with E-state index in [1.807, 2.05) is 38.1 Å². The maximum Gasteiger partial charge on any atom is 0.225 e. The smallest absolute Gasteiger partial charge is 0.225 e. The third-order valence-corrected chi connectivity index (χ3v) is 5.29. The molecule has 4 nitrogen and oxygen atoms in total. The zero-order chi connectivity index (χ0) is 16.9. The first-order chi connectivity index (χ1) is 10.9. The number of nitrogens with one attached hydrogen (secondary N) is 1. The van der Waals surface area contributed by atoms with Crippen LogP contribution in [0, 0.1) is 0 Å². The molecular weight excluding hydrogens is 310 g/mol. The van der Waals surface area contributed by atoms with Crippen LogP contribution in [0.4, 0.5) is 5.69 Å². The summed E-state index contributed by atoms with van der Waals surface area (Å²) in [6.07, 6.45) is -0.0658. The van der Waals surface area contributed by atoms with Gasteiger partial charge in [-0.25, -0.2) is 8.42 Å². The number of hydrogen-bond acceptors (Lipinski definition) is 3. The number of benzene rings is 2. The minimum Gasteiger partial charge on any atom is -0.326 e. The zero-order valence-electron chi connectivity index (χ0n) is 13.3. The standard InChI is InChI=1S/C18H21NO3S/c1-14(2)16-10-6-7-11-17(16)19-18(20)12-13-23(21,22)15-8-4-3-5-9-15/h3-11,14H,12-13H2,1-2H3,(H,19,20). The topological polar surface area (TPSA) is 63.2 Å². The predicted octanol–water partition coefficient (Wildman–Crippen LogP) is 3.61. The summed E-state index contributed by atoms with van der Waals surface area (Å²) >= 11 is 0. The van der Waals surface area contributed by atoms with E-state index in [2.05, 4.69) is 5.32 Å². The van der Waals surface area contributed by atoms with E-state index in [1.165, 1.54) is 0 Å². The third kappa shape index (κ3) is 4.66. The molecule has 2 aromatic rings. The van der Waals surface area contributed by atoms with E-state index < -0.39 is 9.84 Å². The number of anilines is 1. The highest BCUT2D eigenvalue weighted by Gasteiger charge is 2.17. The van der Waals surface area contributed by atoms with Gasteiger partial charge >= 0.3 is 0 Å². The highest BCUT2D eigenvalue weighted by atomic mass is 32.2. The van der Waals surface area contributed by atoms with Gasteiger partial charge in [-0.2, -0.15) is 0 Å². The molecule has 122 valence electrons. The van der Waals surface area contributed by atoms with Crippen LogP contribution in [0.15, 0.2) is 59.5 Å². The molecule has 2 aromatic carbocycles. The first-order valence-corrected chi connectivity index (χ1v) is 9.22. The summed E-state index contributed by atoms with van der Waals surface area (Å²) < 4.78 is 24.4. The molecule has 0 saturated heterocycles.